The van der Waals surface area contributed by atoms with Crippen LogP contribution < -0.4 is 4.90 Å². The first-order valence-corrected chi connectivity index (χ1v) is 12.3. The number of halogens is 3. The molecule has 1 aromatic heterocycles. The topological polar surface area (TPSA) is 53.5 Å². The Bertz CT molecular complexity index is 1150. The van der Waals surface area contributed by atoms with Crippen LogP contribution in [0.5, 0.6) is 0 Å². The van der Waals surface area contributed by atoms with Crippen LogP contribution in [0.15, 0.2) is 52.7 Å². The van der Waals surface area contributed by atoms with Gasteiger partial charge in [0.1, 0.15) is 5.82 Å². The van der Waals surface area contributed by atoms with E-state index in [1.54, 1.807) is 24.3 Å². The van der Waals surface area contributed by atoms with Crippen LogP contribution in [-0.4, -0.2) is 43.9 Å². The summed E-state index contributed by atoms with van der Waals surface area (Å²) in [4.78, 5) is 6.96. The lowest BCUT2D eigenvalue weighted by Gasteiger charge is -2.33. The Kier molecular flexibility index (Phi) is 6.31. The van der Waals surface area contributed by atoms with Crippen LogP contribution in [0.2, 0.25) is 10.0 Å². The molecule has 158 valence electrons. The Morgan fingerprint density at radius 2 is 1.73 bits per heavy atom. The molecule has 1 aliphatic rings. The molecule has 10 heteroatoms. The third-order valence-corrected chi connectivity index (χ3v) is 8.29. The van der Waals surface area contributed by atoms with E-state index in [-0.39, 0.29) is 9.92 Å². The summed E-state index contributed by atoms with van der Waals surface area (Å²) in [6.07, 6.45) is 0.509. The van der Waals surface area contributed by atoms with Gasteiger partial charge in [-0.2, -0.15) is 4.31 Å². The molecule has 0 radical (unpaired) electrons. The summed E-state index contributed by atoms with van der Waals surface area (Å²) in [5.41, 5.74) is 1.64. The van der Waals surface area contributed by atoms with Crippen molar-refractivity contribution in [2.24, 2.45) is 0 Å². The lowest BCUT2D eigenvalue weighted by molar-refractivity contribution is 0.384. The van der Waals surface area contributed by atoms with Crippen molar-refractivity contribution in [1.29, 1.82) is 0 Å². The van der Waals surface area contributed by atoms with Crippen molar-refractivity contribution in [3.8, 4) is 0 Å². The number of anilines is 1. The maximum Gasteiger partial charge on any atom is 0.243 e. The molecular formula is C20H18Cl2FN3O2S2. The average molecular weight is 486 g/mol. The van der Waals surface area contributed by atoms with Gasteiger partial charge in [0.05, 0.1) is 15.6 Å². The van der Waals surface area contributed by atoms with Crippen molar-refractivity contribution < 1.29 is 12.8 Å². The highest BCUT2D eigenvalue weighted by Gasteiger charge is 2.29. The average Bonchev–Trinajstić information content (AvgIpc) is 3.20. The predicted octanol–water partition coefficient (Wildman–Crippen LogP) is 4.69. The molecule has 0 unspecified atom stereocenters. The van der Waals surface area contributed by atoms with Crippen LogP contribution in [0.4, 0.5) is 9.52 Å². The van der Waals surface area contributed by atoms with Gasteiger partial charge in [0.25, 0.3) is 0 Å². The Morgan fingerprint density at radius 1 is 1.03 bits per heavy atom. The highest BCUT2D eigenvalue weighted by molar-refractivity contribution is 7.89. The van der Waals surface area contributed by atoms with Gasteiger partial charge in [0.2, 0.25) is 10.0 Å². The zero-order valence-corrected chi connectivity index (χ0v) is 18.9. The first-order valence-electron chi connectivity index (χ1n) is 9.22. The van der Waals surface area contributed by atoms with Gasteiger partial charge in [-0.25, -0.2) is 17.8 Å². The number of hydrogen-bond acceptors (Lipinski definition) is 5. The fourth-order valence-electron chi connectivity index (χ4n) is 3.26. The van der Waals surface area contributed by atoms with E-state index in [4.69, 9.17) is 23.2 Å². The van der Waals surface area contributed by atoms with E-state index in [9.17, 15) is 12.8 Å². The van der Waals surface area contributed by atoms with Crippen molar-refractivity contribution in [2.75, 3.05) is 31.1 Å². The lowest BCUT2D eigenvalue weighted by Crippen LogP contribution is -2.48. The van der Waals surface area contributed by atoms with Gasteiger partial charge in [-0.05, 0) is 42.0 Å². The minimum Gasteiger partial charge on any atom is -0.345 e. The largest absolute Gasteiger partial charge is 0.345 e. The number of rotatable bonds is 5. The van der Waals surface area contributed by atoms with Crippen LogP contribution in [0.25, 0.3) is 0 Å². The van der Waals surface area contributed by atoms with E-state index in [0.29, 0.717) is 37.6 Å². The van der Waals surface area contributed by atoms with Gasteiger partial charge >= 0.3 is 0 Å². The molecule has 30 heavy (non-hydrogen) atoms. The van der Waals surface area contributed by atoms with Gasteiger partial charge in [-0.3, -0.25) is 0 Å². The Hall–Kier alpha value is -1.71. The van der Waals surface area contributed by atoms with E-state index < -0.39 is 15.8 Å². The molecule has 1 fully saturated rings. The lowest BCUT2D eigenvalue weighted by atomic mass is 10.1. The molecule has 3 aromatic rings. The Labute approximate surface area is 188 Å². The molecule has 5 nitrogen and oxygen atoms in total. The molecule has 0 saturated carbocycles. The van der Waals surface area contributed by atoms with E-state index >= 15 is 0 Å². The summed E-state index contributed by atoms with van der Waals surface area (Å²) in [6.45, 7) is 1.86. The highest BCUT2D eigenvalue weighted by Crippen LogP contribution is 2.26. The second kappa shape index (κ2) is 8.80. The summed E-state index contributed by atoms with van der Waals surface area (Å²) in [7, 11) is -3.54. The Morgan fingerprint density at radius 3 is 2.40 bits per heavy atom. The van der Waals surface area contributed by atoms with Crippen molar-refractivity contribution in [1.82, 2.24) is 9.29 Å². The number of aromatic nitrogens is 1. The molecule has 2 aromatic carbocycles. The first-order chi connectivity index (χ1) is 14.3. The summed E-state index contributed by atoms with van der Waals surface area (Å²) in [5, 5.41) is 3.38. The third-order valence-electron chi connectivity index (χ3n) is 4.87. The normalized spacial score (nSPS) is 15.5. The quantitative estimate of drug-likeness (QED) is 0.525. The van der Waals surface area contributed by atoms with Crippen LogP contribution in [0.1, 0.15) is 11.3 Å². The second-order valence-corrected chi connectivity index (χ2v) is 10.5. The summed E-state index contributed by atoms with van der Waals surface area (Å²) in [5.74, 6) is -0.442. The molecule has 1 aliphatic heterocycles. The molecule has 0 bridgehead atoms. The monoisotopic (exact) mass is 485 g/mol. The molecule has 4 rings (SSSR count). The fraction of sp³-hybridized carbons (Fsp3) is 0.250. The number of hydrogen-bond donors (Lipinski definition) is 0. The van der Waals surface area contributed by atoms with Crippen LogP contribution in [0, 0.1) is 5.82 Å². The standard InChI is InChI=1S/C20H18Cl2FN3O2S2/c21-15-2-4-17(5-3-15)30(27,28)26-9-7-25(8-10-26)20-24-16(13-29-20)11-14-1-6-18(22)19(23)12-14/h1-6,12-13H,7-11H2. The van der Waals surface area contributed by atoms with Gasteiger partial charge in [0.15, 0.2) is 5.13 Å². The van der Waals surface area contributed by atoms with E-state index in [1.165, 1.54) is 33.8 Å². The molecule has 1 saturated heterocycles. The summed E-state index contributed by atoms with van der Waals surface area (Å²) in [6, 6.07) is 10.9. The van der Waals surface area contributed by atoms with E-state index in [2.05, 4.69) is 9.88 Å². The second-order valence-electron chi connectivity index (χ2n) is 6.89. The van der Waals surface area contributed by atoms with Gasteiger partial charge < -0.3 is 4.90 Å². The number of piperazine rings is 1. The predicted molar refractivity (Wildman–Crippen MR) is 119 cm³/mol. The SMILES string of the molecule is O=S(=O)(c1ccc(Cl)cc1)N1CCN(c2nc(Cc3ccc(Cl)c(F)c3)cs2)CC1. The van der Waals surface area contributed by atoms with Crippen molar-refractivity contribution >= 4 is 49.7 Å². The molecule has 2 heterocycles. The number of benzene rings is 2. The van der Waals surface area contributed by atoms with E-state index in [1.807, 2.05) is 5.38 Å². The van der Waals surface area contributed by atoms with Crippen LogP contribution >= 0.6 is 34.5 Å². The molecule has 0 spiro atoms. The minimum atomic E-state index is -3.54. The summed E-state index contributed by atoms with van der Waals surface area (Å²) >= 11 is 13.1. The zero-order chi connectivity index (χ0) is 21.3. The fourth-order valence-corrected chi connectivity index (χ4v) is 5.80. The van der Waals surface area contributed by atoms with Gasteiger partial charge in [-0.15, -0.1) is 11.3 Å². The zero-order valence-electron chi connectivity index (χ0n) is 15.8. The maximum atomic E-state index is 13.6. The first kappa shape index (κ1) is 21.5. The molecule has 0 amide bonds. The van der Waals surface area contributed by atoms with Crippen LogP contribution in [0.3, 0.4) is 0 Å². The number of thiazole rings is 1. The Balaban J connectivity index is 1.40. The molecular weight excluding hydrogens is 468 g/mol. The third kappa shape index (κ3) is 4.63. The maximum absolute atomic E-state index is 13.6. The molecule has 0 N–H and O–H groups in total. The van der Waals surface area contributed by atoms with E-state index in [0.717, 1.165) is 16.4 Å². The van der Waals surface area contributed by atoms with Gasteiger partial charge in [-0.1, -0.05) is 29.3 Å². The van der Waals surface area contributed by atoms with Crippen LogP contribution in [-0.2, 0) is 16.4 Å². The summed E-state index contributed by atoms with van der Waals surface area (Å²) < 4.78 is 40.7. The van der Waals surface area contributed by atoms with Crippen molar-refractivity contribution in [3.63, 3.8) is 0 Å². The minimum absolute atomic E-state index is 0.101. The number of nitrogens with zero attached hydrogens (tertiary/aromatic N) is 3. The highest BCUT2D eigenvalue weighted by atomic mass is 35.5. The number of sulfonamides is 1. The molecule has 0 aliphatic carbocycles. The smallest absolute Gasteiger partial charge is 0.243 e. The molecule has 0 atom stereocenters. The van der Waals surface area contributed by atoms with Gasteiger partial charge in [0, 0.05) is 43.0 Å². The van der Waals surface area contributed by atoms with Crippen molar-refractivity contribution in [2.45, 2.75) is 11.3 Å². The van der Waals surface area contributed by atoms with Crippen molar-refractivity contribution in [3.05, 3.63) is 75.0 Å².